The minimum absolute atomic E-state index is 0.0691. The summed E-state index contributed by atoms with van der Waals surface area (Å²) in [6.07, 6.45) is 3.52. The summed E-state index contributed by atoms with van der Waals surface area (Å²) in [5, 5.41) is 3.24. The van der Waals surface area contributed by atoms with E-state index in [1.807, 2.05) is 48.7 Å². The number of anilines is 1. The van der Waals surface area contributed by atoms with Gasteiger partial charge in [-0.2, -0.15) is 0 Å². The van der Waals surface area contributed by atoms with Gasteiger partial charge in [-0.3, -0.25) is 14.9 Å². The van der Waals surface area contributed by atoms with Crippen molar-refractivity contribution in [3.05, 3.63) is 107 Å². The molecule has 4 amide bonds. The third-order valence-electron chi connectivity index (χ3n) is 6.65. The number of hydrogen-bond acceptors (Lipinski definition) is 3. The van der Waals surface area contributed by atoms with Crippen molar-refractivity contribution < 1.29 is 14.4 Å². The maximum atomic E-state index is 13.5. The highest BCUT2D eigenvalue weighted by Gasteiger charge is 2.37. The summed E-state index contributed by atoms with van der Waals surface area (Å²) < 4.78 is 2.11. The van der Waals surface area contributed by atoms with Crippen molar-refractivity contribution in [1.29, 1.82) is 0 Å². The molecule has 0 saturated carbocycles. The molecular weight excluding hydrogens is 462 g/mol. The van der Waals surface area contributed by atoms with Crippen LogP contribution in [0.5, 0.6) is 0 Å². The average molecular weight is 492 g/mol. The maximum Gasteiger partial charge on any atom is 0.335 e. The Bertz CT molecular complexity index is 1570. The summed E-state index contributed by atoms with van der Waals surface area (Å²) in [6.45, 7) is 8.99. The number of rotatable bonds is 4. The minimum Gasteiger partial charge on any atom is -0.342 e. The Labute approximate surface area is 216 Å². The quantitative estimate of drug-likeness (QED) is 0.283. The topological polar surface area (TPSA) is 71.4 Å². The second kappa shape index (κ2) is 9.21. The highest BCUT2D eigenvalue weighted by atomic mass is 16.2. The Morgan fingerprint density at radius 1 is 0.892 bits per heavy atom. The summed E-state index contributed by atoms with van der Waals surface area (Å²) in [5.74, 6) is -1.35. The average Bonchev–Trinajstić information content (AvgIpc) is 3.18. The van der Waals surface area contributed by atoms with E-state index in [-0.39, 0.29) is 11.0 Å². The number of benzene rings is 3. The third kappa shape index (κ3) is 4.70. The molecule has 0 unspecified atom stereocenters. The molecule has 37 heavy (non-hydrogen) atoms. The zero-order valence-electron chi connectivity index (χ0n) is 21.4. The van der Waals surface area contributed by atoms with Gasteiger partial charge in [0.25, 0.3) is 11.8 Å². The highest BCUT2D eigenvalue weighted by molar-refractivity contribution is 6.39. The number of carbonyl (C=O) groups is 3. The lowest BCUT2D eigenvalue weighted by Crippen LogP contribution is -2.54. The van der Waals surface area contributed by atoms with Crippen molar-refractivity contribution in [2.45, 2.75) is 39.7 Å². The number of nitrogens with one attached hydrogen (secondary N) is 1. The van der Waals surface area contributed by atoms with Crippen molar-refractivity contribution in [3.8, 4) is 0 Å². The van der Waals surface area contributed by atoms with Crippen LogP contribution in [0.4, 0.5) is 10.5 Å². The normalized spacial score (nSPS) is 15.5. The number of para-hydroxylation sites is 1. The van der Waals surface area contributed by atoms with Crippen molar-refractivity contribution in [2.24, 2.45) is 0 Å². The van der Waals surface area contributed by atoms with Crippen molar-refractivity contribution >= 4 is 40.5 Å². The number of hydrogen-bond donors (Lipinski definition) is 1. The zero-order chi connectivity index (χ0) is 26.3. The molecule has 1 aliphatic heterocycles. The van der Waals surface area contributed by atoms with Crippen LogP contribution in [0.25, 0.3) is 17.0 Å². The Balaban J connectivity index is 1.53. The Morgan fingerprint density at radius 3 is 2.32 bits per heavy atom. The van der Waals surface area contributed by atoms with E-state index in [1.54, 1.807) is 18.2 Å². The molecule has 1 fully saturated rings. The summed E-state index contributed by atoms with van der Waals surface area (Å²) in [5.41, 5.74) is 5.40. The molecule has 0 atom stereocenters. The molecule has 0 bridgehead atoms. The number of amides is 4. The molecule has 0 spiro atoms. The first kappa shape index (κ1) is 24.3. The molecule has 3 aromatic carbocycles. The van der Waals surface area contributed by atoms with Crippen LogP contribution in [0.3, 0.4) is 0 Å². The number of urea groups is 1. The van der Waals surface area contributed by atoms with Crippen LogP contribution in [0.15, 0.2) is 84.6 Å². The summed E-state index contributed by atoms with van der Waals surface area (Å²) >= 11 is 0. The van der Waals surface area contributed by atoms with Gasteiger partial charge < -0.3 is 4.57 Å². The Kier molecular flexibility index (Phi) is 6.04. The fourth-order valence-electron chi connectivity index (χ4n) is 4.69. The highest BCUT2D eigenvalue weighted by Crippen LogP contribution is 2.29. The number of aryl methyl sites for hydroxylation is 1. The molecular formula is C31H29N3O3. The first-order valence-electron chi connectivity index (χ1n) is 12.3. The largest absolute Gasteiger partial charge is 0.342 e. The Morgan fingerprint density at radius 2 is 1.62 bits per heavy atom. The van der Waals surface area contributed by atoms with Gasteiger partial charge >= 0.3 is 6.03 Å². The zero-order valence-corrected chi connectivity index (χ0v) is 21.4. The molecule has 4 aromatic rings. The van der Waals surface area contributed by atoms with Gasteiger partial charge in [-0.1, -0.05) is 80.9 Å². The SMILES string of the molecule is Cc1cccc(Cn2cc(C=C3C(=O)NC(=O)N(c4ccc(C(C)(C)C)cc4)C3=O)c3ccccc32)c1. The van der Waals surface area contributed by atoms with Gasteiger partial charge in [0.1, 0.15) is 5.57 Å². The van der Waals surface area contributed by atoms with E-state index in [0.717, 1.165) is 32.5 Å². The number of aromatic nitrogens is 1. The second-order valence-electron chi connectivity index (χ2n) is 10.5. The monoisotopic (exact) mass is 491 g/mol. The van der Waals surface area contributed by atoms with E-state index in [1.165, 1.54) is 5.56 Å². The third-order valence-corrected chi connectivity index (χ3v) is 6.65. The molecule has 1 N–H and O–H groups in total. The van der Waals surface area contributed by atoms with Crippen molar-refractivity contribution in [1.82, 2.24) is 9.88 Å². The van der Waals surface area contributed by atoms with Gasteiger partial charge in [-0.15, -0.1) is 0 Å². The van der Waals surface area contributed by atoms with Crippen LogP contribution in [0.1, 0.15) is 43.0 Å². The molecule has 0 aliphatic carbocycles. The number of barbiturate groups is 1. The van der Waals surface area contributed by atoms with Crippen molar-refractivity contribution in [2.75, 3.05) is 4.90 Å². The van der Waals surface area contributed by atoms with Gasteiger partial charge in [-0.05, 0) is 47.7 Å². The summed E-state index contributed by atoms with van der Waals surface area (Å²) in [6, 6.07) is 22.7. The van der Waals surface area contributed by atoms with Gasteiger partial charge in [0.05, 0.1) is 5.69 Å². The van der Waals surface area contributed by atoms with Gasteiger partial charge in [-0.25, -0.2) is 9.69 Å². The van der Waals surface area contributed by atoms with Crippen molar-refractivity contribution in [3.63, 3.8) is 0 Å². The molecule has 1 aromatic heterocycles. The first-order chi connectivity index (χ1) is 17.6. The number of nitrogens with zero attached hydrogens (tertiary/aromatic N) is 2. The van der Waals surface area contributed by atoms with E-state index in [9.17, 15) is 14.4 Å². The fraction of sp³-hybridized carbons (Fsp3) is 0.194. The molecule has 186 valence electrons. The molecule has 1 saturated heterocycles. The molecule has 2 heterocycles. The number of imide groups is 2. The lowest BCUT2D eigenvalue weighted by Gasteiger charge is -2.27. The van der Waals surface area contributed by atoms with Crippen LogP contribution in [-0.2, 0) is 21.5 Å². The Hall–Kier alpha value is -4.45. The predicted molar refractivity (Wildman–Crippen MR) is 146 cm³/mol. The molecule has 0 radical (unpaired) electrons. The second-order valence-corrected chi connectivity index (χ2v) is 10.5. The minimum atomic E-state index is -0.752. The molecule has 1 aliphatic rings. The summed E-state index contributed by atoms with van der Waals surface area (Å²) in [4.78, 5) is 40.0. The standard InChI is InChI=1S/C31H29N3O3/c1-20-8-7-9-21(16-20)18-33-19-22(25-10-5-6-11-27(25)33)17-26-28(35)32-30(37)34(29(26)36)24-14-12-23(13-15-24)31(2,3)4/h5-17,19H,18H2,1-4H3,(H,32,35,37). The predicted octanol–water partition coefficient (Wildman–Crippen LogP) is 5.96. The van der Waals surface area contributed by atoms with E-state index in [2.05, 4.69) is 55.8 Å². The molecule has 6 heteroatoms. The van der Waals surface area contributed by atoms with Crippen LogP contribution in [-0.4, -0.2) is 22.4 Å². The fourth-order valence-corrected chi connectivity index (χ4v) is 4.69. The summed E-state index contributed by atoms with van der Waals surface area (Å²) in [7, 11) is 0. The van der Waals surface area contributed by atoms with E-state index in [4.69, 9.17) is 0 Å². The maximum absolute atomic E-state index is 13.5. The lowest BCUT2D eigenvalue weighted by molar-refractivity contribution is -0.122. The van der Waals surface area contributed by atoms with Crippen LogP contribution in [0.2, 0.25) is 0 Å². The first-order valence-corrected chi connectivity index (χ1v) is 12.3. The van der Waals surface area contributed by atoms with Crippen LogP contribution >= 0.6 is 0 Å². The van der Waals surface area contributed by atoms with Crippen LogP contribution < -0.4 is 10.2 Å². The van der Waals surface area contributed by atoms with Gasteiger partial charge in [0, 0.05) is 29.2 Å². The van der Waals surface area contributed by atoms with Gasteiger partial charge in [0.2, 0.25) is 0 Å². The van der Waals surface area contributed by atoms with E-state index < -0.39 is 17.8 Å². The smallest absolute Gasteiger partial charge is 0.335 e. The van der Waals surface area contributed by atoms with E-state index >= 15 is 0 Å². The molecule has 5 rings (SSSR count). The lowest BCUT2D eigenvalue weighted by atomic mass is 9.87. The number of carbonyl (C=O) groups excluding carboxylic acids is 3. The molecule has 6 nitrogen and oxygen atoms in total. The number of fused-ring (bicyclic) bond motifs is 1. The van der Waals surface area contributed by atoms with Gasteiger partial charge in [0.15, 0.2) is 0 Å². The van der Waals surface area contributed by atoms with E-state index in [0.29, 0.717) is 12.2 Å². The van der Waals surface area contributed by atoms with Crippen LogP contribution in [0, 0.1) is 6.92 Å².